The maximum Gasteiger partial charge on any atom is 0.205 e. The van der Waals surface area contributed by atoms with Gasteiger partial charge in [0, 0.05) is 21.1 Å². The molecule has 2 aromatic rings. The summed E-state index contributed by atoms with van der Waals surface area (Å²) in [7, 11) is 5.95. The van der Waals surface area contributed by atoms with Crippen molar-refractivity contribution in [3.05, 3.63) is 17.4 Å². The van der Waals surface area contributed by atoms with Gasteiger partial charge in [0.15, 0.2) is 0 Å². The number of aromatic nitrogens is 4. The Morgan fingerprint density at radius 3 is 2.88 bits per heavy atom. The van der Waals surface area contributed by atoms with Crippen molar-refractivity contribution in [1.82, 2.24) is 19.7 Å². The van der Waals surface area contributed by atoms with Crippen LogP contribution >= 0.6 is 11.3 Å². The first kappa shape index (κ1) is 10.9. The molecule has 0 aromatic carbocycles. The molecule has 0 saturated heterocycles. The van der Waals surface area contributed by atoms with Crippen LogP contribution < -0.4 is 10.2 Å². The van der Waals surface area contributed by atoms with Crippen molar-refractivity contribution < 1.29 is 0 Å². The number of nitrogens with one attached hydrogen (secondary N) is 1. The zero-order chi connectivity index (χ0) is 11.5. The highest BCUT2D eigenvalue weighted by atomic mass is 32.1. The zero-order valence-corrected chi connectivity index (χ0v) is 10.3. The second kappa shape index (κ2) is 4.48. The van der Waals surface area contributed by atoms with Crippen LogP contribution in [0.15, 0.2) is 11.7 Å². The minimum Gasteiger partial charge on any atom is -0.354 e. The molecule has 0 unspecified atom stereocenters. The average molecular weight is 238 g/mol. The lowest BCUT2D eigenvalue weighted by molar-refractivity contribution is 0.813. The van der Waals surface area contributed by atoms with Crippen LogP contribution in [0.1, 0.15) is 5.69 Å². The summed E-state index contributed by atoms with van der Waals surface area (Å²) in [5.74, 6) is 0.939. The third-order valence-corrected chi connectivity index (χ3v) is 2.89. The van der Waals surface area contributed by atoms with Gasteiger partial charge in [-0.1, -0.05) is 11.3 Å². The smallest absolute Gasteiger partial charge is 0.205 e. The molecule has 0 fully saturated rings. The molecule has 0 radical (unpaired) electrons. The molecule has 0 aliphatic carbocycles. The van der Waals surface area contributed by atoms with E-state index in [2.05, 4.69) is 20.5 Å². The maximum atomic E-state index is 4.33. The van der Waals surface area contributed by atoms with Crippen molar-refractivity contribution in [2.75, 3.05) is 24.3 Å². The molecular weight excluding hydrogens is 224 g/mol. The van der Waals surface area contributed by atoms with Gasteiger partial charge in [-0.05, 0) is 0 Å². The van der Waals surface area contributed by atoms with E-state index in [0.717, 1.165) is 16.8 Å². The van der Waals surface area contributed by atoms with Crippen LogP contribution in [0.5, 0.6) is 0 Å². The summed E-state index contributed by atoms with van der Waals surface area (Å²) in [6.45, 7) is 0.701. The molecule has 7 heteroatoms. The van der Waals surface area contributed by atoms with Crippen molar-refractivity contribution in [3.63, 3.8) is 0 Å². The van der Waals surface area contributed by atoms with Crippen molar-refractivity contribution in [2.45, 2.75) is 6.54 Å². The monoisotopic (exact) mass is 238 g/mol. The summed E-state index contributed by atoms with van der Waals surface area (Å²) in [5, 5.41) is 11.7. The fourth-order valence-electron chi connectivity index (χ4n) is 1.43. The molecule has 2 aromatic heterocycles. The molecule has 1 N–H and O–H groups in total. The van der Waals surface area contributed by atoms with Crippen LogP contribution in [-0.2, 0) is 13.6 Å². The Hall–Kier alpha value is -1.63. The fraction of sp³-hybridized carbons (Fsp3) is 0.444. The quantitative estimate of drug-likeness (QED) is 0.859. The summed E-state index contributed by atoms with van der Waals surface area (Å²) in [6.07, 6.45) is 1.86. The van der Waals surface area contributed by atoms with Crippen LogP contribution in [0.4, 0.5) is 11.1 Å². The molecule has 0 spiro atoms. The van der Waals surface area contributed by atoms with Crippen molar-refractivity contribution in [3.8, 4) is 0 Å². The van der Waals surface area contributed by atoms with E-state index in [1.54, 1.807) is 5.51 Å². The molecule has 6 nitrogen and oxygen atoms in total. The highest BCUT2D eigenvalue weighted by Gasteiger charge is 2.07. The minimum absolute atomic E-state index is 0.701. The molecular formula is C9H14N6S. The van der Waals surface area contributed by atoms with E-state index in [1.807, 2.05) is 36.8 Å². The second-order valence-corrected chi connectivity index (χ2v) is 4.43. The molecule has 2 rings (SSSR count). The summed E-state index contributed by atoms with van der Waals surface area (Å²) in [4.78, 5) is 6.31. The highest BCUT2D eigenvalue weighted by molar-refractivity contribution is 7.13. The maximum absolute atomic E-state index is 4.33. The van der Waals surface area contributed by atoms with E-state index in [9.17, 15) is 0 Å². The summed E-state index contributed by atoms with van der Waals surface area (Å²) in [6, 6.07) is 0. The summed E-state index contributed by atoms with van der Waals surface area (Å²) in [5.41, 5.74) is 2.82. The molecule has 86 valence electrons. The predicted molar refractivity (Wildman–Crippen MR) is 64.8 cm³/mol. The average Bonchev–Trinajstić information content (AvgIpc) is 2.84. The molecule has 0 amide bonds. The number of rotatable bonds is 4. The molecule has 16 heavy (non-hydrogen) atoms. The van der Waals surface area contributed by atoms with Crippen LogP contribution in [0.25, 0.3) is 0 Å². The van der Waals surface area contributed by atoms with Gasteiger partial charge in [-0.2, -0.15) is 0 Å². The zero-order valence-electron chi connectivity index (χ0n) is 9.51. The van der Waals surface area contributed by atoms with Crippen LogP contribution in [-0.4, -0.2) is 33.8 Å². The van der Waals surface area contributed by atoms with Gasteiger partial charge in [-0.15, -0.1) is 10.2 Å². The van der Waals surface area contributed by atoms with Crippen LogP contribution in [0.2, 0.25) is 0 Å². The van der Waals surface area contributed by atoms with Gasteiger partial charge < -0.3 is 14.8 Å². The molecule has 0 aliphatic rings. The predicted octanol–water partition coefficient (Wildman–Crippen LogP) is 0.950. The van der Waals surface area contributed by atoms with E-state index < -0.39 is 0 Å². The van der Waals surface area contributed by atoms with Crippen LogP contribution in [0, 0.1) is 0 Å². The highest BCUT2D eigenvalue weighted by Crippen LogP contribution is 2.14. The van der Waals surface area contributed by atoms with Crippen molar-refractivity contribution in [2.24, 2.45) is 7.05 Å². The standard InChI is InChI=1S/C9H14N6S/c1-14(2)9-11-5-7(15(9)3)4-10-8-13-12-6-16-8/h5-6H,4H2,1-3H3,(H,10,13). The first-order valence-electron chi connectivity index (χ1n) is 4.86. The van der Waals surface area contributed by atoms with Gasteiger partial charge in [0.05, 0.1) is 18.4 Å². The number of hydrogen-bond acceptors (Lipinski definition) is 6. The lowest BCUT2D eigenvalue weighted by atomic mass is 10.4. The van der Waals surface area contributed by atoms with E-state index in [4.69, 9.17) is 0 Å². The molecule has 0 saturated carbocycles. The molecule has 0 aliphatic heterocycles. The molecule has 2 heterocycles. The Morgan fingerprint density at radius 2 is 2.31 bits per heavy atom. The minimum atomic E-state index is 0.701. The summed E-state index contributed by atoms with van der Waals surface area (Å²) >= 11 is 1.49. The lowest BCUT2D eigenvalue weighted by Gasteiger charge is -2.12. The Balaban J connectivity index is 2.05. The summed E-state index contributed by atoms with van der Waals surface area (Å²) < 4.78 is 2.05. The van der Waals surface area contributed by atoms with E-state index >= 15 is 0 Å². The van der Waals surface area contributed by atoms with Gasteiger partial charge in [0.1, 0.15) is 5.51 Å². The number of hydrogen-bond donors (Lipinski definition) is 1. The normalized spacial score (nSPS) is 10.4. The van der Waals surface area contributed by atoms with Gasteiger partial charge in [-0.25, -0.2) is 4.98 Å². The Kier molecular flexibility index (Phi) is 3.04. The molecule has 0 bridgehead atoms. The fourth-order valence-corrected chi connectivity index (χ4v) is 1.87. The van der Waals surface area contributed by atoms with Gasteiger partial charge in [-0.3, -0.25) is 0 Å². The third kappa shape index (κ3) is 2.13. The third-order valence-electron chi connectivity index (χ3n) is 2.24. The number of anilines is 2. The number of imidazole rings is 1. The van der Waals surface area contributed by atoms with E-state index in [0.29, 0.717) is 6.54 Å². The van der Waals surface area contributed by atoms with E-state index in [1.165, 1.54) is 11.3 Å². The van der Waals surface area contributed by atoms with Gasteiger partial charge >= 0.3 is 0 Å². The van der Waals surface area contributed by atoms with Gasteiger partial charge in [0.25, 0.3) is 0 Å². The topological polar surface area (TPSA) is 58.9 Å². The second-order valence-electron chi connectivity index (χ2n) is 3.60. The molecule has 0 atom stereocenters. The number of nitrogens with zero attached hydrogens (tertiary/aromatic N) is 5. The van der Waals surface area contributed by atoms with Crippen molar-refractivity contribution >= 4 is 22.4 Å². The Bertz CT molecular complexity index is 447. The first-order valence-corrected chi connectivity index (χ1v) is 5.74. The van der Waals surface area contributed by atoms with Crippen LogP contribution in [0.3, 0.4) is 0 Å². The first-order chi connectivity index (χ1) is 7.68. The Morgan fingerprint density at radius 1 is 1.50 bits per heavy atom. The Labute approximate surface area is 97.9 Å². The largest absolute Gasteiger partial charge is 0.354 e. The van der Waals surface area contributed by atoms with Crippen molar-refractivity contribution in [1.29, 1.82) is 0 Å². The van der Waals surface area contributed by atoms with E-state index in [-0.39, 0.29) is 0 Å². The SMILES string of the molecule is CN(C)c1ncc(CNc2nncs2)n1C. The van der Waals surface area contributed by atoms with Gasteiger partial charge in [0.2, 0.25) is 11.1 Å². The lowest BCUT2D eigenvalue weighted by Crippen LogP contribution is -2.15.